The van der Waals surface area contributed by atoms with Crippen molar-refractivity contribution < 1.29 is 0 Å². The van der Waals surface area contributed by atoms with E-state index in [-0.39, 0.29) is 11.8 Å². The lowest BCUT2D eigenvalue weighted by Crippen LogP contribution is -2.17. The summed E-state index contributed by atoms with van der Waals surface area (Å²) in [4.78, 5) is 17.7. The van der Waals surface area contributed by atoms with Crippen molar-refractivity contribution in [2.75, 3.05) is 0 Å². The fourth-order valence-corrected chi connectivity index (χ4v) is 3.46. The molecule has 0 spiro atoms. The molecule has 0 amide bonds. The number of benzene rings is 1. The van der Waals surface area contributed by atoms with E-state index >= 15 is 0 Å². The first-order valence-electron chi connectivity index (χ1n) is 8.93. The van der Waals surface area contributed by atoms with E-state index in [0.29, 0.717) is 11.4 Å². The Morgan fingerprint density at radius 1 is 0.679 bits per heavy atom. The summed E-state index contributed by atoms with van der Waals surface area (Å²) >= 11 is 0. The molecule has 5 nitrogen and oxygen atoms in total. The molecule has 0 bridgehead atoms. The summed E-state index contributed by atoms with van der Waals surface area (Å²) in [7, 11) is 0. The van der Waals surface area contributed by atoms with Crippen LogP contribution in [-0.4, -0.2) is 19.9 Å². The fourth-order valence-electron chi connectivity index (χ4n) is 3.46. The molecule has 0 radical (unpaired) electrons. The van der Waals surface area contributed by atoms with Crippen LogP contribution < -0.4 is 0 Å². The predicted octanol–water partition coefficient (Wildman–Crippen LogP) is 4.10. The highest BCUT2D eigenvalue weighted by molar-refractivity contribution is 5.43. The third-order valence-electron chi connectivity index (χ3n) is 4.66. The summed E-state index contributed by atoms with van der Waals surface area (Å²) in [6, 6.07) is 19.6. The fraction of sp³-hybridized carbons (Fsp3) is 0.0870. The van der Waals surface area contributed by atoms with Crippen LogP contribution in [0.2, 0.25) is 0 Å². The van der Waals surface area contributed by atoms with E-state index in [1.165, 1.54) is 0 Å². The molecule has 0 saturated heterocycles. The lowest BCUT2D eigenvalue weighted by Gasteiger charge is -2.27. The van der Waals surface area contributed by atoms with Crippen molar-refractivity contribution in [3.05, 3.63) is 120 Å². The maximum absolute atomic E-state index is 9.39. The van der Waals surface area contributed by atoms with Crippen LogP contribution in [0.3, 0.4) is 0 Å². The first-order valence-corrected chi connectivity index (χ1v) is 8.93. The molecule has 0 saturated carbocycles. The van der Waals surface area contributed by atoms with E-state index in [1.54, 1.807) is 36.9 Å². The Labute approximate surface area is 163 Å². The molecule has 0 aliphatic heterocycles. The van der Waals surface area contributed by atoms with Gasteiger partial charge in [0.05, 0.1) is 17.6 Å². The van der Waals surface area contributed by atoms with Crippen LogP contribution in [0.1, 0.15) is 39.9 Å². The minimum atomic E-state index is -0.192. The Kier molecular flexibility index (Phi) is 5.12. The molecule has 28 heavy (non-hydrogen) atoms. The lowest BCUT2D eigenvalue weighted by molar-refractivity contribution is 0.647. The van der Waals surface area contributed by atoms with Gasteiger partial charge in [0.1, 0.15) is 5.82 Å². The van der Waals surface area contributed by atoms with Crippen molar-refractivity contribution >= 4 is 0 Å². The van der Waals surface area contributed by atoms with E-state index in [0.717, 1.165) is 16.7 Å². The second-order valence-corrected chi connectivity index (χ2v) is 6.37. The van der Waals surface area contributed by atoms with Gasteiger partial charge in [-0.25, -0.2) is 9.97 Å². The van der Waals surface area contributed by atoms with Gasteiger partial charge in [0, 0.05) is 43.1 Å². The zero-order valence-electron chi connectivity index (χ0n) is 15.1. The molecule has 0 N–H and O–H groups in total. The molecule has 1 atom stereocenters. The lowest BCUT2D eigenvalue weighted by atomic mass is 9.77. The van der Waals surface area contributed by atoms with Crippen molar-refractivity contribution in [2.45, 2.75) is 11.8 Å². The first-order chi connectivity index (χ1) is 13.9. The quantitative estimate of drug-likeness (QED) is 0.533. The number of hydrogen-bond donors (Lipinski definition) is 0. The summed E-state index contributed by atoms with van der Waals surface area (Å²) in [6.07, 6.45) is 10.7. The summed E-state index contributed by atoms with van der Waals surface area (Å²) < 4.78 is 0. The maximum Gasteiger partial charge on any atom is 0.136 e. The van der Waals surface area contributed by atoms with Crippen LogP contribution in [0.4, 0.5) is 0 Å². The predicted molar refractivity (Wildman–Crippen MR) is 105 cm³/mol. The van der Waals surface area contributed by atoms with Crippen molar-refractivity contribution in [1.29, 1.82) is 5.26 Å². The highest BCUT2D eigenvalue weighted by atomic mass is 14.9. The average molecular weight is 363 g/mol. The highest BCUT2D eigenvalue weighted by Crippen LogP contribution is 2.41. The zero-order chi connectivity index (χ0) is 19.2. The van der Waals surface area contributed by atoms with E-state index in [1.807, 2.05) is 42.7 Å². The van der Waals surface area contributed by atoms with Crippen LogP contribution in [-0.2, 0) is 0 Å². The van der Waals surface area contributed by atoms with Gasteiger partial charge < -0.3 is 0 Å². The molecular weight excluding hydrogens is 346 g/mol. The number of hydrogen-bond acceptors (Lipinski definition) is 5. The molecule has 0 aliphatic rings. The maximum atomic E-state index is 9.39. The summed E-state index contributed by atoms with van der Waals surface area (Å²) in [6.45, 7) is 0. The monoisotopic (exact) mass is 363 g/mol. The standard InChI is InChI=1S/C23H17N5/c24-14-17-5-1-6-18(13-17)22(23-27-11-4-12-28-23)21(19-7-2-9-25-15-19)20-8-3-10-26-16-20/h1-13,15-16,21-22H. The van der Waals surface area contributed by atoms with Crippen LogP contribution in [0.5, 0.6) is 0 Å². The Morgan fingerprint density at radius 3 is 1.89 bits per heavy atom. The van der Waals surface area contributed by atoms with Gasteiger partial charge in [0.15, 0.2) is 0 Å². The molecule has 3 heterocycles. The Balaban J connectivity index is 1.95. The van der Waals surface area contributed by atoms with Gasteiger partial charge in [-0.15, -0.1) is 0 Å². The number of nitrogens with zero attached hydrogens (tertiary/aromatic N) is 5. The van der Waals surface area contributed by atoms with Crippen molar-refractivity contribution in [3.63, 3.8) is 0 Å². The number of nitriles is 1. The summed E-state index contributed by atoms with van der Waals surface area (Å²) in [5.74, 6) is 0.400. The molecule has 4 aromatic rings. The molecule has 1 aromatic carbocycles. The average Bonchev–Trinajstić information content (AvgIpc) is 2.79. The normalized spacial score (nSPS) is 11.7. The summed E-state index contributed by atoms with van der Waals surface area (Å²) in [5.41, 5.74) is 3.66. The van der Waals surface area contributed by atoms with E-state index in [4.69, 9.17) is 0 Å². The van der Waals surface area contributed by atoms with Gasteiger partial charge in [-0.2, -0.15) is 5.26 Å². The highest BCUT2D eigenvalue weighted by Gasteiger charge is 2.30. The molecular formula is C23H17N5. The van der Waals surface area contributed by atoms with Gasteiger partial charge >= 0.3 is 0 Å². The van der Waals surface area contributed by atoms with Crippen LogP contribution in [0, 0.1) is 11.3 Å². The topological polar surface area (TPSA) is 75.3 Å². The van der Waals surface area contributed by atoms with Crippen molar-refractivity contribution in [3.8, 4) is 6.07 Å². The van der Waals surface area contributed by atoms with E-state index in [2.05, 4.69) is 38.1 Å². The Morgan fingerprint density at radius 2 is 1.32 bits per heavy atom. The zero-order valence-corrected chi connectivity index (χ0v) is 15.1. The SMILES string of the molecule is N#Cc1cccc(C(c2ncccn2)C(c2cccnc2)c2cccnc2)c1. The van der Waals surface area contributed by atoms with Gasteiger partial charge in [-0.1, -0.05) is 24.3 Å². The minimum Gasteiger partial charge on any atom is -0.264 e. The smallest absolute Gasteiger partial charge is 0.136 e. The summed E-state index contributed by atoms with van der Waals surface area (Å²) in [5, 5.41) is 9.39. The van der Waals surface area contributed by atoms with Gasteiger partial charge in [-0.3, -0.25) is 9.97 Å². The van der Waals surface area contributed by atoms with Gasteiger partial charge in [-0.05, 0) is 47.0 Å². The molecule has 5 heteroatoms. The second kappa shape index (κ2) is 8.19. The third kappa shape index (κ3) is 3.62. The Hall–Kier alpha value is -3.91. The van der Waals surface area contributed by atoms with Gasteiger partial charge in [0.2, 0.25) is 0 Å². The molecule has 0 aliphatic carbocycles. The van der Waals surface area contributed by atoms with Gasteiger partial charge in [0.25, 0.3) is 0 Å². The van der Waals surface area contributed by atoms with E-state index in [9.17, 15) is 5.26 Å². The van der Waals surface area contributed by atoms with Crippen molar-refractivity contribution in [2.24, 2.45) is 0 Å². The largest absolute Gasteiger partial charge is 0.264 e. The third-order valence-corrected chi connectivity index (χ3v) is 4.66. The number of rotatable bonds is 5. The Bertz CT molecular complexity index is 1040. The van der Waals surface area contributed by atoms with Crippen molar-refractivity contribution in [1.82, 2.24) is 19.9 Å². The molecule has 4 rings (SSSR count). The van der Waals surface area contributed by atoms with Crippen LogP contribution in [0.15, 0.2) is 91.8 Å². The second-order valence-electron chi connectivity index (χ2n) is 6.37. The first kappa shape index (κ1) is 17.5. The molecule has 0 fully saturated rings. The number of pyridine rings is 2. The minimum absolute atomic E-state index is 0.0984. The molecule has 3 aromatic heterocycles. The van der Waals surface area contributed by atoms with Crippen LogP contribution in [0.25, 0.3) is 0 Å². The van der Waals surface area contributed by atoms with Crippen LogP contribution >= 0.6 is 0 Å². The molecule has 134 valence electrons. The number of aromatic nitrogens is 4. The van der Waals surface area contributed by atoms with E-state index < -0.39 is 0 Å². The molecule has 1 unspecified atom stereocenters.